The molecule has 0 saturated heterocycles. The molecule has 0 N–H and O–H groups in total. The number of esters is 2. The molecule has 0 aliphatic carbocycles. The number of nitro groups is 1. The molecule has 0 amide bonds. The predicted octanol–water partition coefficient (Wildman–Crippen LogP) is 5.09. The molecule has 0 atom stereocenters. The summed E-state index contributed by atoms with van der Waals surface area (Å²) >= 11 is 0. The number of methoxy groups -OCH3 is 2. The van der Waals surface area contributed by atoms with Gasteiger partial charge in [-0.15, -0.1) is 0 Å². The van der Waals surface area contributed by atoms with Crippen LogP contribution in [-0.4, -0.2) is 46.7 Å². The van der Waals surface area contributed by atoms with Crippen LogP contribution in [0.15, 0.2) is 60.8 Å². The van der Waals surface area contributed by atoms with Crippen LogP contribution in [0.1, 0.15) is 34.7 Å². The normalized spacial score (nSPS) is 10.8. The van der Waals surface area contributed by atoms with Crippen LogP contribution in [0.5, 0.6) is 17.4 Å². The quantitative estimate of drug-likeness (QED) is 0.182. The van der Waals surface area contributed by atoms with Crippen molar-refractivity contribution in [2.75, 3.05) is 14.2 Å². The minimum Gasteiger partial charge on any atom is -0.491 e. The topological polar surface area (TPSA) is 132 Å². The second-order valence-corrected chi connectivity index (χ2v) is 8.10. The average Bonchev–Trinajstić information content (AvgIpc) is 3.22. The van der Waals surface area contributed by atoms with Gasteiger partial charge in [-0.2, -0.15) is 0 Å². The van der Waals surface area contributed by atoms with Crippen molar-refractivity contribution in [3.8, 4) is 23.1 Å². The Morgan fingerprint density at radius 1 is 0.946 bits per heavy atom. The number of nitrogens with zero attached hydrogens (tertiary/aromatic N) is 3. The van der Waals surface area contributed by atoms with Crippen LogP contribution >= 0.6 is 0 Å². The molecule has 2 heterocycles. The van der Waals surface area contributed by atoms with E-state index >= 15 is 0 Å². The molecule has 0 aliphatic rings. The summed E-state index contributed by atoms with van der Waals surface area (Å²) in [7, 11) is 2.44. The Morgan fingerprint density at radius 2 is 1.62 bits per heavy atom. The van der Waals surface area contributed by atoms with Gasteiger partial charge in [-0.3, -0.25) is 10.1 Å². The van der Waals surface area contributed by atoms with Crippen LogP contribution < -0.4 is 9.47 Å². The molecule has 0 radical (unpaired) electrons. The maximum absolute atomic E-state index is 12.9. The lowest BCUT2D eigenvalue weighted by Crippen LogP contribution is -2.15. The summed E-state index contributed by atoms with van der Waals surface area (Å²) in [4.78, 5) is 40.1. The van der Waals surface area contributed by atoms with Crippen molar-refractivity contribution in [1.29, 1.82) is 0 Å². The molecule has 2 aromatic carbocycles. The molecule has 0 bridgehead atoms. The first-order valence-corrected chi connectivity index (χ1v) is 11.1. The lowest BCUT2D eigenvalue weighted by molar-refractivity contribution is -0.385. The lowest BCUT2D eigenvalue weighted by Gasteiger charge is -2.13. The third kappa shape index (κ3) is 5.06. The zero-order valence-corrected chi connectivity index (χ0v) is 20.5. The highest BCUT2D eigenvalue weighted by atomic mass is 16.6. The van der Waals surface area contributed by atoms with Gasteiger partial charge in [0.2, 0.25) is 5.88 Å². The maximum Gasteiger partial charge on any atom is 0.355 e. The Balaban J connectivity index is 1.87. The van der Waals surface area contributed by atoms with Crippen molar-refractivity contribution < 1.29 is 33.5 Å². The highest BCUT2D eigenvalue weighted by Crippen LogP contribution is 2.35. The first kappa shape index (κ1) is 25.2. The van der Waals surface area contributed by atoms with Crippen molar-refractivity contribution in [3.05, 3.63) is 82.2 Å². The molecule has 190 valence electrons. The van der Waals surface area contributed by atoms with E-state index in [1.165, 1.54) is 26.4 Å². The highest BCUT2D eigenvalue weighted by molar-refractivity contribution is 6.14. The highest BCUT2D eigenvalue weighted by Gasteiger charge is 2.30. The number of pyridine rings is 1. The number of rotatable bonds is 8. The molecule has 11 nitrogen and oxygen atoms in total. The first-order valence-electron chi connectivity index (χ1n) is 11.1. The van der Waals surface area contributed by atoms with Gasteiger partial charge in [0.25, 0.3) is 5.69 Å². The third-order valence-corrected chi connectivity index (χ3v) is 5.33. The second kappa shape index (κ2) is 10.4. The van der Waals surface area contributed by atoms with E-state index in [4.69, 9.17) is 18.9 Å². The fourth-order valence-corrected chi connectivity index (χ4v) is 3.81. The number of aromatic nitrogens is 2. The van der Waals surface area contributed by atoms with Gasteiger partial charge in [0.1, 0.15) is 29.0 Å². The fraction of sp³-hybridized carbons (Fsp3) is 0.192. The van der Waals surface area contributed by atoms with Crippen molar-refractivity contribution in [2.45, 2.75) is 20.0 Å². The third-order valence-electron chi connectivity index (χ3n) is 5.33. The second-order valence-electron chi connectivity index (χ2n) is 8.10. The van der Waals surface area contributed by atoms with Gasteiger partial charge < -0.3 is 23.5 Å². The molecule has 0 fully saturated rings. The number of fused-ring (bicyclic) bond motifs is 1. The van der Waals surface area contributed by atoms with Gasteiger partial charge in [0.15, 0.2) is 0 Å². The number of hydrogen-bond donors (Lipinski definition) is 0. The SMILES string of the molecule is COC(=O)c1c(C(=O)OC)n(-c2ccc(OC(C)C)cc2)c2ccc(Oc3ccc([N+](=O)[O-])cn3)cc12. The molecular weight excluding hydrogens is 482 g/mol. The van der Waals surface area contributed by atoms with Crippen LogP contribution in [0.3, 0.4) is 0 Å². The molecule has 0 aliphatic heterocycles. The Kier molecular flexibility index (Phi) is 7.05. The number of carbonyl (C=O) groups is 2. The summed E-state index contributed by atoms with van der Waals surface area (Å²) < 4.78 is 23.1. The Labute approximate surface area is 211 Å². The molecular formula is C26H23N3O8. The lowest BCUT2D eigenvalue weighted by atomic mass is 10.1. The molecule has 2 aromatic heterocycles. The summed E-state index contributed by atoms with van der Waals surface area (Å²) in [6.07, 6.45) is 1.06. The van der Waals surface area contributed by atoms with E-state index in [0.717, 1.165) is 6.20 Å². The number of hydrogen-bond acceptors (Lipinski definition) is 9. The van der Waals surface area contributed by atoms with Crippen molar-refractivity contribution in [2.24, 2.45) is 0 Å². The Hall–Kier alpha value is -4.93. The molecule has 0 unspecified atom stereocenters. The Bertz CT molecular complexity index is 1470. The van der Waals surface area contributed by atoms with Crippen LogP contribution in [0.25, 0.3) is 16.6 Å². The molecule has 11 heteroatoms. The van der Waals surface area contributed by atoms with E-state index in [1.54, 1.807) is 47.0 Å². The smallest absolute Gasteiger partial charge is 0.355 e. The number of ether oxygens (including phenoxy) is 4. The average molecular weight is 505 g/mol. The molecule has 4 rings (SSSR count). The van der Waals surface area contributed by atoms with E-state index in [-0.39, 0.29) is 34.7 Å². The van der Waals surface area contributed by atoms with Gasteiger partial charge in [0, 0.05) is 23.2 Å². The standard InChI is InChI=1S/C26H23N3O8/c1-15(2)36-18-8-5-16(6-9-18)28-21-11-10-19(37-22-12-7-17(14-27-22)29(32)33)13-20(21)23(25(30)34-3)24(28)26(31)35-4/h5-15H,1-4H3. The molecule has 0 saturated carbocycles. The number of carbonyl (C=O) groups excluding carboxylic acids is 2. The van der Waals surface area contributed by atoms with E-state index in [0.29, 0.717) is 22.3 Å². The summed E-state index contributed by atoms with van der Waals surface area (Å²) in [5.41, 5.74) is 0.895. The van der Waals surface area contributed by atoms with Crippen molar-refractivity contribution in [3.63, 3.8) is 0 Å². The van der Waals surface area contributed by atoms with Crippen LogP contribution in [-0.2, 0) is 9.47 Å². The van der Waals surface area contributed by atoms with E-state index in [9.17, 15) is 19.7 Å². The Morgan fingerprint density at radius 3 is 2.19 bits per heavy atom. The van der Waals surface area contributed by atoms with Crippen molar-refractivity contribution in [1.82, 2.24) is 9.55 Å². The maximum atomic E-state index is 12.9. The van der Waals surface area contributed by atoms with E-state index in [2.05, 4.69) is 4.98 Å². The fourth-order valence-electron chi connectivity index (χ4n) is 3.81. The van der Waals surface area contributed by atoms with E-state index in [1.807, 2.05) is 13.8 Å². The molecule has 0 spiro atoms. The van der Waals surface area contributed by atoms with Crippen LogP contribution in [0.4, 0.5) is 5.69 Å². The predicted molar refractivity (Wildman–Crippen MR) is 133 cm³/mol. The van der Waals surface area contributed by atoms with Crippen LogP contribution in [0, 0.1) is 10.1 Å². The molecule has 4 aromatic rings. The monoisotopic (exact) mass is 505 g/mol. The van der Waals surface area contributed by atoms with Gasteiger partial charge in [-0.1, -0.05) is 0 Å². The summed E-state index contributed by atoms with van der Waals surface area (Å²) in [6.45, 7) is 3.83. The largest absolute Gasteiger partial charge is 0.491 e. The first-order chi connectivity index (χ1) is 17.7. The minimum absolute atomic E-state index is 0.00559. The summed E-state index contributed by atoms with van der Waals surface area (Å²) in [6, 6.07) is 14.5. The van der Waals surface area contributed by atoms with E-state index < -0.39 is 16.9 Å². The summed E-state index contributed by atoms with van der Waals surface area (Å²) in [5.74, 6) is -0.436. The van der Waals surface area contributed by atoms with Gasteiger partial charge >= 0.3 is 11.9 Å². The van der Waals surface area contributed by atoms with Gasteiger partial charge in [0.05, 0.1) is 30.8 Å². The van der Waals surface area contributed by atoms with Crippen LogP contribution in [0.2, 0.25) is 0 Å². The van der Waals surface area contributed by atoms with Gasteiger partial charge in [-0.25, -0.2) is 14.6 Å². The molecule has 37 heavy (non-hydrogen) atoms. The zero-order chi connectivity index (χ0) is 26.7. The number of benzene rings is 2. The van der Waals surface area contributed by atoms with Gasteiger partial charge in [-0.05, 0) is 56.3 Å². The summed E-state index contributed by atoms with van der Waals surface area (Å²) in [5, 5.41) is 11.2. The minimum atomic E-state index is -0.741. The van der Waals surface area contributed by atoms with Crippen molar-refractivity contribution >= 4 is 28.5 Å². The zero-order valence-electron chi connectivity index (χ0n) is 20.5.